The second-order valence-corrected chi connectivity index (χ2v) is 6.57. The maximum atomic E-state index is 11.5. The topological polar surface area (TPSA) is 47.0 Å². The lowest BCUT2D eigenvalue weighted by molar-refractivity contribution is 0.556. The zero-order valence-electron chi connectivity index (χ0n) is 8.90. The van der Waals surface area contributed by atoms with Gasteiger partial charge in [-0.25, -0.2) is 8.42 Å². The van der Waals surface area contributed by atoms with E-state index in [1.165, 1.54) is 6.26 Å². The molecule has 0 saturated heterocycles. The molecule has 0 unspecified atom stereocenters. The number of hydrogen-bond donors (Lipinski definition) is 0. The molecule has 1 heterocycles. The van der Waals surface area contributed by atoms with E-state index in [0.717, 1.165) is 5.46 Å². The molecular weight excluding hydrogens is 197 g/mol. The van der Waals surface area contributed by atoms with Gasteiger partial charge in [0.25, 0.3) is 0 Å². The van der Waals surface area contributed by atoms with Crippen molar-refractivity contribution in [2.75, 3.05) is 6.26 Å². The third kappa shape index (κ3) is 1.98. The van der Waals surface area contributed by atoms with Gasteiger partial charge in [0.2, 0.25) is 0 Å². The minimum atomic E-state index is -3.13. The predicted molar refractivity (Wildman–Crippen MR) is 60.3 cm³/mol. The summed E-state index contributed by atoms with van der Waals surface area (Å²) in [7, 11) is -1.21. The van der Waals surface area contributed by atoms with Crippen molar-refractivity contribution in [1.29, 1.82) is 0 Å². The van der Waals surface area contributed by atoms with Crippen LogP contribution in [0, 0.1) is 0 Å². The molecule has 0 radical (unpaired) electrons. The van der Waals surface area contributed by atoms with E-state index in [9.17, 15) is 8.42 Å². The van der Waals surface area contributed by atoms with Gasteiger partial charge in [-0.15, -0.1) is 0 Å². The largest absolute Gasteiger partial charge is 0.260 e. The molecule has 5 heteroatoms. The van der Waals surface area contributed by atoms with Crippen molar-refractivity contribution in [1.82, 2.24) is 4.98 Å². The number of rotatable bonds is 2. The molecule has 0 spiro atoms. The monoisotopic (exact) mass is 211 g/mol. The average molecular weight is 211 g/mol. The Bertz CT molecular complexity index is 423. The van der Waals surface area contributed by atoms with E-state index in [2.05, 4.69) is 4.98 Å². The summed E-state index contributed by atoms with van der Waals surface area (Å²) in [6.07, 6.45) is 2.91. The predicted octanol–water partition coefficient (Wildman–Crippen LogP) is -0.380. The van der Waals surface area contributed by atoms with Crippen LogP contribution in [0.15, 0.2) is 18.3 Å². The fourth-order valence-electron chi connectivity index (χ4n) is 1.01. The molecule has 76 valence electrons. The van der Waals surface area contributed by atoms with Crippen LogP contribution in [-0.4, -0.2) is 27.5 Å². The van der Waals surface area contributed by atoms with Crippen LogP contribution >= 0.6 is 0 Å². The standard InChI is InChI=1S/C9H14BNO2S/c1-9(2,14(3,12)13)8-5-4-7(10)6-11-8/h4-6H,10H2,1-3H3. The van der Waals surface area contributed by atoms with Crippen LogP contribution in [0.25, 0.3) is 0 Å². The first kappa shape index (κ1) is 11.2. The minimum Gasteiger partial charge on any atom is -0.260 e. The summed E-state index contributed by atoms with van der Waals surface area (Å²) in [5.74, 6) is 0. The van der Waals surface area contributed by atoms with E-state index < -0.39 is 14.6 Å². The third-order valence-corrected chi connectivity index (χ3v) is 4.52. The van der Waals surface area contributed by atoms with Crippen molar-refractivity contribution in [3.63, 3.8) is 0 Å². The normalized spacial score (nSPS) is 12.8. The van der Waals surface area contributed by atoms with Crippen LogP contribution in [0.2, 0.25) is 0 Å². The quantitative estimate of drug-likeness (QED) is 0.626. The highest BCUT2D eigenvalue weighted by molar-refractivity contribution is 7.91. The van der Waals surface area contributed by atoms with Crippen molar-refractivity contribution in [3.8, 4) is 0 Å². The Morgan fingerprint density at radius 3 is 2.29 bits per heavy atom. The molecule has 3 nitrogen and oxygen atoms in total. The third-order valence-electron chi connectivity index (χ3n) is 2.46. The Balaban J connectivity index is 3.24. The van der Waals surface area contributed by atoms with E-state index in [-0.39, 0.29) is 0 Å². The van der Waals surface area contributed by atoms with Crippen LogP contribution in [0.3, 0.4) is 0 Å². The molecule has 0 fully saturated rings. The van der Waals surface area contributed by atoms with Gasteiger partial charge < -0.3 is 0 Å². The molecular formula is C9H14BNO2S. The highest BCUT2D eigenvalue weighted by Gasteiger charge is 2.33. The molecule has 0 saturated carbocycles. The smallest absolute Gasteiger partial charge is 0.158 e. The molecule has 1 rings (SSSR count). The second-order valence-electron chi connectivity index (χ2n) is 4.00. The lowest BCUT2D eigenvalue weighted by Crippen LogP contribution is -2.29. The molecule has 0 aliphatic rings. The first-order chi connectivity index (χ1) is 6.25. The molecule has 0 amide bonds. The number of nitrogens with zero attached hydrogens (tertiary/aromatic N) is 1. The number of aromatic nitrogens is 1. The van der Waals surface area contributed by atoms with Crippen molar-refractivity contribution < 1.29 is 8.42 Å². The van der Waals surface area contributed by atoms with E-state index in [1.807, 2.05) is 13.9 Å². The number of sulfone groups is 1. The van der Waals surface area contributed by atoms with Crippen molar-refractivity contribution in [2.45, 2.75) is 18.6 Å². The van der Waals surface area contributed by atoms with Gasteiger partial charge in [0.1, 0.15) is 12.6 Å². The molecule has 14 heavy (non-hydrogen) atoms. The maximum absolute atomic E-state index is 11.5. The van der Waals surface area contributed by atoms with Crippen LogP contribution < -0.4 is 5.46 Å². The summed E-state index contributed by atoms with van der Waals surface area (Å²) in [6.45, 7) is 3.33. The van der Waals surface area contributed by atoms with Crippen molar-refractivity contribution in [3.05, 3.63) is 24.0 Å². The zero-order chi connectivity index (χ0) is 11.0. The fraction of sp³-hybridized carbons (Fsp3) is 0.444. The first-order valence-electron chi connectivity index (χ1n) is 4.38. The highest BCUT2D eigenvalue weighted by Crippen LogP contribution is 2.26. The van der Waals surface area contributed by atoms with Crippen LogP contribution in [-0.2, 0) is 14.6 Å². The summed E-state index contributed by atoms with van der Waals surface area (Å²) in [5, 5.41) is 0. The Morgan fingerprint density at radius 1 is 1.36 bits per heavy atom. The minimum absolute atomic E-state index is 0.589. The van der Waals surface area contributed by atoms with E-state index >= 15 is 0 Å². The van der Waals surface area contributed by atoms with Crippen LogP contribution in [0.1, 0.15) is 19.5 Å². The van der Waals surface area contributed by atoms with Gasteiger partial charge in [0.15, 0.2) is 9.84 Å². The van der Waals surface area contributed by atoms with Gasteiger partial charge in [-0.3, -0.25) is 4.98 Å². The van der Waals surface area contributed by atoms with Crippen LogP contribution in [0.4, 0.5) is 0 Å². The molecule has 1 aromatic heterocycles. The van der Waals surface area contributed by atoms with E-state index in [0.29, 0.717) is 5.69 Å². The van der Waals surface area contributed by atoms with Gasteiger partial charge in [-0.1, -0.05) is 11.5 Å². The average Bonchev–Trinajstić information content (AvgIpc) is 2.03. The molecule has 1 aromatic rings. The zero-order valence-corrected chi connectivity index (χ0v) is 9.72. The highest BCUT2D eigenvalue weighted by atomic mass is 32.2. The summed E-state index contributed by atoms with van der Waals surface area (Å²) in [4.78, 5) is 4.14. The molecule has 0 atom stereocenters. The summed E-state index contributed by atoms with van der Waals surface area (Å²) < 4.78 is 22.1. The molecule has 0 aliphatic carbocycles. The molecule has 0 aromatic carbocycles. The van der Waals surface area contributed by atoms with E-state index in [4.69, 9.17) is 0 Å². The van der Waals surface area contributed by atoms with Gasteiger partial charge in [-0.2, -0.15) is 0 Å². The maximum Gasteiger partial charge on any atom is 0.158 e. The summed E-state index contributed by atoms with van der Waals surface area (Å²) >= 11 is 0. The van der Waals surface area contributed by atoms with Gasteiger partial charge in [-0.05, 0) is 19.9 Å². The van der Waals surface area contributed by atoms with Gasteiger partial charge in [0, 0.05) is 12.5 Å². The fourth-order valence-corrected chi connectivity index (χ4v) is 1.51. The summed E-state index contributed by atoms with van der Waals surface area (Å²) in [6, 6.07) is 3.63. The van der Waals surface area contributed by atoms with E-state index in [1.54, 1.807) is 26.1 Å². The molecule has 0 aliphatic heterocycles. The Labute approximate surface area is 85.9 Å². The second kappa shape index (κ2) is 3.39. The van der Waals surface area contributed by atoms with Crippen molar-refractivity contribution in [2.24, 2.45) is 0 Å². The van der Waals surface area contributed by atoms with Crippen molar-refractivity contribution >= 4 is 23.1 Å². The van der Waals surface area contributed by atoms with Crippen LogP contribution in [0.5, 0.6) is 0 Å². The first-order valence-corrected chi connectivity index (χ1v) is 6.27. The Kier molecular flexibility index (Phi) is 2.72. The summed E-state index contributed by atoms with van der Waals surface area (Å²) in [5.41, 5.74) is 1.61. The van der Waals surface area contributed by atoms with Gasteiger partial charge >= 0.3 is 0 Å². The number of pyridine rings is 1. The SMILES string of the molecule is Bc1ccc(C(C)(C)S(C)(=O)=O)nc1. The number of hydrogen-bond acceptors (Lipinski definition) is 3. The molecule has 0 bridgehead atoms. The Morgan fingerprint density at radius 2 is 1.93 bits per heavy atom. The molecule has 0 N–H and O–H groups in total. The Hall–Kier alpha value is -0.835. The lowest BCUT2D eigenvalue weighted by Gasteiger charge is -2.21. The van der Waals surface area contributed by atoms with Gasteiger partial charge in [0.05, 0.1) is 5.69 Å². The lowest BCUT2D eigenvalue weighted by atomic mass is 9.97.